The highest BCUT2D eigenvalue weighted by atomic mass is 127. The van der Waals surface area contributed by atoms with Gasteiger partial charge in [0, 0.05) is 26.6 Å². The van der Waals surface area contributed by atoms with Crippen LogP contribution >= 0.6 is 35.6 Å². The molecule has 0 aromatic heterocycles. The number of benzene rings is 2. The number of amides is 1. The molecule has 0 aliphatic heterocycles. The van der Waals surface area contributed by atoms with Crippen LogP contribution in [0.4, 0.5) is 5.69 Å². The van der Waals surface area contributed by atoms with Crippen molar-refractivity contribution in [3.63, 3.8) is 0 Å². The molecule has 0 spiro atoms. The lowest BCUT2D eigenvalue weighted by Crippen LogP contribution is -2.39. The summed E-state index contributed by atoms with van der Waals surface area (Å²) in [5.41, 5.74) is 4.01. The summed E-state index contributed by atoms with van der Waals surface area (Å²) in [7, 11) is 3.38. The maximum Gasteiger partial charge on any atom is 0.226 e. The van der Waals surface area contributed by atoms with Gasteiger partial charge in [-0.05, 0) is 49.6 Å². The van der Waals surface area contributed by atoms with Gasteiger partial charge in [-0.3, -0.25) is 9.79 Å². The molecule has 0 radical (unpaired) electrons. The summed E-state index contributed by atoms with van der Waals surface area (Å²) in [6.45, 7) is 5.17. The summed E-state index contributed by atoms with van der Waals surface area (Å²) in [6, 6.07) is 11.7. The molecule has 0 saturated heterocycles. The molecule has 3 N–H and O–H groups in total. The van der Waals surface area contributed by atoms with Gasteiger partial charge in [0.15, 0.2) is 5.96 Å². The molecule has 6 nitrogen and oxygen atoms in total. The van der Waals surface area contributed by atoms with E-state index in [9.17, 15) is 4.79 Å². The van der Waals surface area contributed by atoms with Crippen LogP contribution in [-0.2, 0) is 11.2 Å². The Morgan fingerprint density at radius 3 is 2.40 bits per heavy atom. The second-order valence-corrected chi connectivity index (χ2v) is 7.18. The molecule has 2 aromatic carbocycles. The summed E-state index contributed by atoms with van der Waals surface area (Å²) in [4.78, 5) is 16.3. The number of anilines is 1. The fourth-order valence-corrected chi connectivity index (χ4v) is 3.15. The SMILES string of the molecule is CN=C(NCCC(=O)Nc1ccc(C)cc1Cl)NCCc1cc(C)ccc1OC.I. The second-order valence-electron chi connectivity index (χ2n) is 6.77. The Kier molecular flexibility index (Phi) is 11.6. The molecule has 0 atom stereocenters. The van der Waals surface area contributed by atoms with Gasteiger partial charge >= 0.3 is 0 Å². The highest BCUT2D eigenvalue weighted by molar-refractivity contribution is 14.0. The van der Waals surface area contributed by atoms with Gasteiger partial charge in [0.25, 0.3) is 0 Å². The van der Waals surface area contributed by atoms with Crippen molar-refractivity contribution in [3.8, 4) is 5.75 Å². The number of nitrogens with one attached hydrogen (secondary N) is 3. The zero-order chi connectivity index (χ0) is 21.2. The fraction of sp³-hybridized carbons (Fsp3) is 0.364. The zero-order valence-electron chi connectivity index (χ0n) is 17.8. The summed E-state index contributed by atoms with van der Waals surface area (Å²) < 4.78 is 5.41. The van der Waals surface area contributed by atoms with E-state index in [4.69, 9.17) is 16.3 Å². The molecule has 0 aliphatic carbocycles. The van der Waals surface area contributed by atoms with E-state index < -0.39 is 0 Å². The lowest BCUT2D eigenvalue weighted by molar-refractivity contribution is -0.116. The zero-order valence-corrected chi connectivity index (χ0v) is 20.9. The number of rotatable bonds is 8. The van der Waals surface area contributed by atoms with Crippen LogP contribution in [0.5, 0.6) is 5.75 Å². The maximum atomic E-state index is 12.1. The predicted molar refractivity (Wildman–Crippen MR) is 136 cm³/mol. The fourth-order valence-electron chi connectivity index (χ4n) is 2.87. The van der Waals surface area contributed by atoms with Crippen molar-refractivity contribution >= 4 is 53.1 Å². The summed E-state index contributed by atoms with van der Waals surface area (Å²) >= 11 is 6.15. The first-order valence-corrected chi connectivity index (χ1v) is 9.94. The topological polar surface area (TPSA) is 74.8 Å². The lowest BCUT2D eigenvalue weighted by Gasteiger charge is -2.14. The number of hydrogen-bond acceptors (Lipinski definition) is 3. The third-order valence-electron chi connectivity index (χ3n) is 4.39. The van der Waals surface area contributed by atoms with E-state index in [0.29, 0.717) is 36.2 Å². The first kappa shape index (κ1) is 26.0. The average Bonchev–Trinajstić information content (AvgIpc) is 2.69. The summed E-state index contributed by atoms with van der Waals surface area (Å²) in [5, 5.41) is 9.77. The Balaban J connectivity index is 0.00000450. The first-order valence-electron chi connectivity index (χ1n) is 9.57. The molecule has 0 heterocycles. The number of nitrogens with zero attached hydrogens (tertiary/aromatic N) is 1. The highest BCUT2D eigenvalue weighted by Gasteiger charge is 2.07. The van der Waals surface area contributed by atoms with Gasteiger partial charge in [0.05, 0.1) is 17.8 Å². The molecular weight excluding hydrogens is 515 g/mol. The number of ether oxygens (including phenoxy) is 1. The average molecular weight is 545 g/mol. The van der Waals surface area contributed by atoms with Gasteiger partial charge in [-0.2, -0.15) is 0 Å². The van der Waals surface area contributed by atoms with Crippen LogP contribution in [0.25, 0.3) is 0 Å². The Morgan fingerprint density at radius 2 is 1.73 bits per heavy atom. The molecule has 0 bridgehead atoms. The van der Waals surface area contributed by atoms with E-state index in [-0.39, 0.29) is 29.9 Å². The van der Waals surface area contributed by atoms with E-state index in [2.05, 4.69) is 33.9 Å². The number of aryl methyl sites for hydroxylation is 2. The molecular formula is C22H30ClIN4O2. The van der Waals surface area contributed by atoms with Crippen LogP contribution in [0.1, 0.15) is 23.1 Å². The van der Waals surface area contributed by atoms with E-state index in [1.54, 1.807) is 14.2 Å². The Morgan fingerprint density at radius 1 is 1.07 bits per heavy atom. The van der Waals surface area contributed by atoms with E-state index in [0.717, 1.165) is 23.3 Å². The van der Waals surface area contributed by atoms with Crippen LogP contribution in [0.2, 0.25) is 5.02 Å². The quantitative estimate of drug-likeness (QED) is 0.263. The standard InChI is InChI=1S/C22H29ClN4O2.HI/c1-15-6-8-20(29-4)17(13-15)9-11-25-22(24-3)26-12-10-21(28)27-19-7-5-16(2)14-18(19)23;/h5-8,13-14H,9-12H2,1-4H3,(H,27,28)(H2,24,25,26);1H. The second kappa shape index (κ2) is 13.3. The van der Waals surface area contributed by atoms with Gasteiger partial charge in [-0.25, -0.2) is 0 Å². The number of hydrogen-bond donors (Lipinski definition) is 3. The number of guanidine groups is 1. The van der Waals surface area contributed by atoms with Crippen LogP contribution in [-0.4, -0.2) is 39.1 Å². The molecule has 164 valence electrons. The smallest absolute Gasteiger partial charge is 0.226 e. The van der Waals surface area contributed by atoms with Crippen LogP contribution in [0, 0.1) is 13.8 Å². The third-order valence-corrected chi connectivity index (χ3v) is 4.70. The molecule has 0 saturated carbocycles. The predicted octanol–water partition coefficient (Wildman–Crippen LogP) is 4.32. The van der Waals surface area contributed by atoms with Gasteiger partial charge in [-0.15, -0.1) is 24.0 Å². The van der Waals surface area contributed by atoms with Crippen LogP contribution in [0.15, 0.2) is 41.4 Å². The molecule has 30 heavy (non-hydrogen) atoms. The molecule has 0 fully saturated rings. The normalized spacial score (nSPS) is 10.8. The first-order chi connectivity index (χ1) is 13.9. The van der Waals surface area contributed by atoms with Crippen LogP contribution in [0.3, 0.4) is 0 Å². The molecule has 8 heteroatoms. The Bertz CT molecular complexity index is 874. The number of methoxy groups -OCH3 is 1. The van der Waals surface area contributed by atoms with Crippen molar-refractivity contribution in [3.05, 3.63) is 58.1 Å². The highest BCUT2D eigenvalue weighted by Crippen LogP contribution is 2.22. The maximum absolute atomic E-state index is 12.1. The van der Waals surface area contributed by atoms with Gasteiger partial charge in [0.1, 0.15) is 5.75 Å². The van der Waals surface area contributed by atoms with Gasteiger partial charge in [0.2, 0.25) is 5.91 Å². The number of halogens is 2. The molecule has 2 rings (SSSR count). The molecule has 0 aliphatic rings. The van der Waals surface area contributed by atoms with Crippen molar-refractivity contribution in [2.24, 2.45) is 4.99 Å². The van der Waals surface area contributed by atoms with Crippen molar-refractivity contribution in [2.75, 3.05) is 32.6 Å². The summed E-state index contributed by atoms with van der Waals surface area (Å²) in [5.74, 6) is 1.42. The monoisotopic (exact) mass is 544 g/mol. The van der Waals surface area contributed by atoms with E-state index in [1.165, 1.54) is 5.56 Å². The van der Waals surface area contributed by atoms with Crippen molar-refractivity contribution in [2.45, 2.75) is 26.7 Å². The molecule has 0 unspecified atom stereocenters. The number of carbonyl (C=O) groups excluding carboxylic acids is 1. The van der Waals surface area contributed by atoms with Gasteiger partial charge < -0.3 is 20.7 Å². The van der Waals surface area contributed by atoms with Gasteiger partial charge in [-0.1, -0.05) is 35.4 Å². The molecule has 1 amide bonds. The number of aliphatic imine (C=N–C) groups is 1. The van der Waals surface area contributed by atoms with Crippen LogP contribution < -0.4 is 20.7 Å². The minimum absolute atomic E-state index is 0. The third kappa shape index (κ3) is 8.39. The van der Waals surface area contributed by atoms with E-state index in [1.807, 2.05) is 37.3 Å². The van der Waals surface area contributed by atoms with Crippen molar-refractivity contribution < 1.29 is 9.53 Å². The van der Waals surface area contributed by atoms with Crippen molar-refractivity contribution in [1.82, 2.24) is 10.6 Å². The van der Waals surface area contributed by atoms with Crippen molar-refractivity contribution in [1.29, 1.82) is 0 Å². The summed E-state index contributed by atoms with van der Waals surface area (Å²) in [6.07, 6.45) is 1.11. The molecule has 2 aromatic rings. The Labute approximate surface area is 200 Å². The minimum Gasteiger partial charge on any atom is -0.496 e. The van der Waals surface area contributed by atoms with E-state index >= 15 is 0 Å². The largest absolute Gasteiger partial charge is 0.496 e. The number of carbonyl (C=O) groups is 1. The Hall–Kier alpha value is -2.00. The minimum atomic E-state index is -0.108. The lowest BCUT2D eigenvalue weighted by atomic mass is 10.1.